The number of benzene rings is 2. The van der Waals surface area contributed by atoms with E-state index in [4.69, 9.17) is 9.84 Å². The van der Waals surface area contributed by atoms with E-state index in [1.165, 1.54) is 12.1 Å². The topological polar surface area (TPSA) is 105 Å². The molecular formula is C18H18N2O5. The molecule has 0 radical (unpaired) electrons. The number of nitrogens with one attached hydrogen (secondary N) is 2. The van der Waals surface area contributed by atoms with Crippen molar-refractivity contribution in [3.05, 3.63) is 65.2 Å². The van der Waals surface area contributed by atoms with E-state index >= 15 is 0 Å². The van der Waals surface area contributed by atoms with Crippen LogP contribution in [0, 0.1) is 0 Å². The van der Waals surface area contributed by atoms with Gasteiger partial charge in [0.2, 0.25) is 0 Å². The van der Waals surface area contributed by atoms with E-state index in [9.17, 15) is 14.4 Å². The number of anilines is 1. The molecule has 0 aromatic heterocycles. The summed E-state index contributed by atoms with van der Waals surface area (Å²) in [5.74, 6) is -1.41. The molecule has 0 bridgehead atoms. The Hall–Kier alpha value is -3.35. The van der Waals surface area contributed by atoms with Gasteiger partial charge in [0.1, 0.15) is 0 Å². The molecule has 7 nitrogen and oxygen atoms in total. The molecule has 3 N–H and O–H groups in total. The van der Waals surface area contributed by atoms with Crippen molar-refractivity contribution < 1.29 is 24.2 Å². The van der Waals surface area contributed by atoms with Crippen LogP contribution in [0.3, 0.4) is 0 Å². The molecule has 2 aromatic rings. The van der Waals surface area contributed by atoms with Crippen molar-refractivity contribution in [1.29, 1.82) is 0 Å². The fourth-order valence-corrected chi connectivity index (χ4v) is 2.03. The molecule has 0 fully saturated rings. The first-order chi connectivity index (χ1) is 12.0. The van der Waals surface area contributed by atoms with Crippen LogP contribution < -0.4 is 10.6 Å². The van der Waals surface area contributed by atoms with Gasteiger partial charge in [0.25, 0.3) is 0 Å². The summed E-state index contributed by atoms with van der Waals surface area (Å²) in [6.45, 7) is 2.29. The van der Waals surface area contributed by atoms with Crippen LogP contribution in [0.5, 0.6) is 0 Å². The minimum absolute atomic E-state index is 0.190. The van der Waals surface area contributed by atoms with Gasteiger partial charge in [-0.05, 0) is 48.9 Å². The molecule has 0 heterocycles. The highest BCUT2D eigenvalue weighted by Crippen LogP contribution is 2.11. The number of hydrogen-bond acceptors (Lipinski definition) is 4. The molecule has 25 heavy (non-hydrogen) atoms. The Labute approximate surface area is 144 Å². The Morgan fingerprint density at radius 2 is 1.56 bits per heavy atom. The lowest BCUT2D eigenvalue weighted by Crippen LogP contribution is -2.28. The smallest absolute Gasteiger partial charge is 0.338 e. The Morgan fingerprint density at radius 3 is 2.12 bits per heavy atom. The Bertz CT molecular complexity index is 754. The zero-order valence-electron chi connectivity index (χ0n) is 13.6. The first-order valence-corrected chi connectivity index (χ1v) is 7.64. The third-order valence-electron chi connectivity index (χ3n) is 3.31. The SMILES string of the molecule is CCOC(=O)c1ccc(NC(=O)NCc2ccc(C(=O)O)cc2)cc1. The van der Waals surface area contributed by atoms with E-state index in [2.05, 4.69) is 10.6 Å². The van der Waals surface area contributed by atoms with E-state index in [0.29, 0.717) is 17.9 Å². The largest absolute Gasteiger partial charge is 0.478 e. The number of ether oxygens (including phenoxy) is 1. The predicted octanol–water partition coefficient (Wildman–Crippen LogP) is 2.88. The van der Waals surface area contributed by atoms with Crippen LogP contribution in [0.2, 0.25) is 0 Å². The molecule has 0 saturated heterocycles. The van der Waals surface area contributed by atoms with Crippen LogP contribution in [-0.2, 0) is 11.3 Å². The summed E-state index contributed by atoms with van der Waals surface area (Å²) in [5, 5.41) is 14.1. The summed E-state index contributed by atoms with van der Waals surface area (Å²) >= 11 is 0. The molecule has 0 saturated carbocycles. The number of urea groups is 1. The van der Waals surface area contributed by atoms with Gasteiger partial charge < -0.3 is 20.5 Å². The van der Waals surface area contributed by atoms with E-state index in [1.807, 2.05) is 0 Å². The van der Waals surface area contributed by atoms with Gasteiger partial charge in [0, 0.05) is 12.2 Å². The minimum Gasteiger partial charge on any atom is -0.478 e. The standard InChI is InChI=1S/C18H18N2O5/c1-2-25-17(23)14-7-9-15(10-8-14)20-18(24)19-11-12-3-5-13(6-4-12)16(21)22/h3-10H,2,11H2,1H3,(H,21,22)(H2,19,20,24). The third kappa shape index (κ3) is 5.35. The highest BCUT2D eigenvalue weighted by atomic mass is 16.5. The second kappa shape index (κ2) is 8.49. The van der Waals surface area contributed by atoms with Crippen molar-refractivity contribution >= 4 is 23.7 Å². The van der Waals surface area contributed by atoms with Crippen molar-refractivity contribution in [2.75, 3.05) is 11.9 Å². The van der Waals surface area contributed by atoms with Crippen LogP contribution in [0.25, 0.3) is 0 Å². The first-order valence-electron chi connectivity index (χ1n) is 7.64. The lowest BCUT2D eigenvalue weighted by Gasteiger charge is -2.08. The van der Waals surface area contributed by atoms with Crippen LogP contribution in [-0.4, -0.2) is 29.7 Å². The van der Waals surface area contributed by atoms with E-state index in [-0.39, 0.29) is 12.1 Å². The van der Waals surface area contributed by atoms with Crippen molar-refractivity contribution in [1.82, 2.24) is 5.32 Å². The van der Waals surface area contributed by atoms with Gasteiger partial charge in [-0.3, -0.25) is 0 Å². The Kier molecular flexibility index (Phi) is 6.11. The highest BCUT2D eigenvalue weighted by molar-refractivity contribution is 5.92. The number of esters is 1. The number of hydrogen-bond donors (Lipinski definition) is 3. The lowest BCUT2D eigenvalue weighted by atomic mass is 10.1. The fraction of sp³-hybridized carbons (Fsp3) is 0.167. The van der Waals surface area contributed by atoms with Crippen LogP contribution in [0.15, 0.2) is 48.5 Å². The molecule has 0 aliphatic rings. The number of amides is 2. The summed E-state index contributed by atoms with van der Waals surface area (Å²) in [6, 6.07) is 12.2. The zero-order chi connectivity index (χ0) is 18.2. The maximum atomic E-state index is 11.9. The molecule has 0 aliphatic carbocycles. The average Bonchev–Trinajstić information content (AvgIpc) is 2.61. The van der Waals surface area contributed by atoms with Gasteiger partial charge in [-0.2, -0.15) is 0 Å². The molecule has 0 unspecified atom stereocenters. The maximum absolute atomic E-state index is 11.9. The van der Waals surface area contributed by atoms with Gasteiger partial charge in [0.15, 0.2) is 0 Å². The van der Waals surface area contributed by atoms with Crippen LogP contribution >= 0.6 is 0 Å². The molecule has 0 spiro atoms. The predicted molar refractivity (Wildman–Crippen MR) is 91.7 cm³/mol. The number of carboxylic acid groups (broad SMARTS) is 1. The second-order valence-electron chi connectivity index (χ2n) is 5.11. The summed E-state index contributed by atoms with van der Waals surface area (Å²) < 4.78 is 4.88. The molecule has 0 aliphatic heterocycles. The highest BCUT2D eigenvalue weighted by Gasteiger charge is 2.07. The second-order valence-corrected chi connectivity index (χ2v) is 5.11. The fourth-order valence-electron chi connectivity index (χ4n) is 2.03. The summed E-state index contributed by atoms with van der Waals surface area (Å²) in [6.07, 6.45) is 0. The molecule has 2 aromatic carbocycles. The minimum atomic E-state index is -0.997. The molecule has 7 heteroatoms. The lowest BCUT2D eigenvalue weighted by molar-refractivity contribution is 0.0526. The van der Waals surface area contributed by atoms with Crippen LogP contribution in [0.1, 0.15) is 33.2 Å². The molecule has 2 rings (SSSR count). The average molecular weight is 342 g/mol. The third-order valence-corrected chi connectivity index (χ3v) is 3.31. The van der Waals surface area contributed by atoms with E-state index < -0.39 is 18.0 Å². The summed E-state index contributed by atoms with van der Waals surface area (Å²) in [5.41, 5.74) is 1.91. The maximum Gasteiger partial charge on any atom is 0.338 e. The molecule has 2 amide bonds. The Morgan fingerprint density at radius 1 is 0.960 bits per heavy atom. The van der Waals surface area contributed by atoms with E-state index in [0.717, 1.165) is 5.56 Å². The van der Waals surface area contributed by atoms with Gasteiger partial charge in [-0.15, -0.1) is 0 Å². The normalized spacial score (nSPS) is 9.96. The van der Waals surface area contributed by atoms with Crippen molar-refractivity contribution in [2.45, 2.75) is 13.5 Å². The number of carbonyl (C=O) groups excluding carboxylic acids is 2. The molecule has 0 atom stereocenters. The summed E-state index contributed by atoms with van der Waals surface area (Å²) in [7, 11) is 0. The van der Waals surface area contributed by atoms with Crippen molar-refractivity contribution in [2.24, 2.45) is 0 Å². The number of rotatable bonds is 6. The molecular weight excluding hydrogens is 324 g/mol. The van der Waals surface area contributed by atoms with Crippen LogP contribution in [0.4, 0.5) is 10.5 Å². The number of carbonyl (C=O) groups is 3. The van der Waals surface area contributed by atoms with E-state index in [1.54, 1.807) is 43.3 Å². The van der Waals surface area contributed by atoms with Crippen molar-refractivity contribution in [3.63, 3.8) is 0 Å². The first kappa shape index (κ1) is 18.0. The van der Waals surface area contributed by atoms with Gasteiger partial charge in [0.05, 0.1) is 17.7 Å². The quantitative estimate of drug-likeness (QED) is 0.700. The summed E-state index contributed by atoms with van der Waals surface area (Å²) in [4.78, 5) is 34.2. The Balaban J connectivity index is 1.85. The monoisotopic (exact) mass is 342 g/mol. The van der Waals surface area contributed by atoms with Gasteiger partial charge in [-0.25, -0.2) is 14.4 Å². The van der Waals surface area contributed by atoms with Crippen molar-refractivity contribution in [3.8, 4) is 0 Å². The van der Waals surface area contributed by atoms with Gasteiger partial charge >= 0.3 is 18.0 Å². The van der Waals surface area contributed by atoms with Gasteiger partial charge in [-0.1, -0.05) is 12.1 Å². The number of carboxylic acids is 1. The number of aromatic carboxylic acids is 1. The molecule has 130 valence electrons. The zero-order valence-corrected chi connectivity index (χ0v) is 13.6.